The Kier molecular flexibility index (Phi) is 4.45. The van der Waals surface area contributed by atoms with Gasteiger partial charge >= 0.3 is 0 Å². The van der Waals surface area contributed by atoms with E-state index in [-0.39, 0.29) is 16.8 Å². The maximum absolute atomic E-state index is 12.6. The van der Waals surface area contributed by atoms with Crippen molar-refractivity contribution < 1.29 is 17.9 Å². The van der Waals surface area contributed by atoms with E-state index >= 15 is 0 Å². The molecule has 1 aliphatic heterocycles. The molecule has 8 heteroatoms. The van der Waals surface area contributed by atoms with Gasteiger partial charge in [-0.3, -0.25) is 9.52 Å². The summed E-state index contributed by atoms with van der Waals surface area (Å²) < 4.78 is 33.4. The summed E-state index contributed by atoms with van der Waals surface area (Å²) in [5.41, 5.74) is 2.40. The molecule has 3 aromatic rings. The number of rotatable bonds is 5. The predicted octanol–water partition coefficient (Wildman–Crippen LogP) is 3.42. The number of imidazole rings is 1. The minimum atomic E-state index is -3.75. The molecule has 0 saturated carbocycles. The average molecular weight is 385 g/mol. The minimum Gasteiger partial charge on any atom is -0.370 e. The van der Waals surface area contributed by atoms with Gasteiger partial charge in [0.15, 0.2) is 5.78 Å². The van der Waals surface area contributed by atoms with Gasteiger partial charge in [0.05, 0.1) is 21.6 Å². The Labute approximate surface area is 156 Å². The third-order valence-electron chi connectivity index (χ3n) is 4.56. The van der Waals surface area contributed by atoms with Gasteiger partial charge in [0.1, 0.15) is 11.9 Å². The molecule has 1 aliphatic rings. The van der Waals surface area contributed by atoms with Crippen molar-refractivity contribution in [2.45, 2.75) is 30.8 Å². The number of hydrogen-bond donors (Lipinski definition) is 2. The molecule has 0 radical (unpaired) electrons. The van der Waals surface area contributed by atoms with Crippen molar-refractivity contribution in [1.82, 2.24) is 9.97 Å². The molecule has 2 aromatic carbocycles. The lowest BCUT2D eigenvalue weighted by Crippen LogP contribution is -2.13. The van der Waals surface area contributed by atoms with Crippen molar-refractivity contribution in [2.75, 3.05) is 11.3 Å². The van der Waals surface area contributed by atoms with E-state index in [1.807, 2.05) is 0 Å². The van der Waals surface area contributed by atoms with Gasteiger partial charge in [-0.2, -0.15) is 0 Å². The summed E-state index contributed by atoms with van der Waals surface area (Å²) in [6.45, 7) is 2.17. The van der Waals surface area contributed by atoms with E-state index in [1.54, 1.807) is 18.2 Å². The number of ether oxygens (including phenoxy) is 1. The van der Waals surface area contributed by atoms with Gasteiger partial charge in [-0.15, -0.1) is 0 Å². The zero-order valence-corrected chi connectivity index (χ0v) is 15.5. The summed E-state index contributed by atoms with van der Waals surface area (Å²) in [4.78, 5) is 19.2. The fourth-order valence-corrected chi connectivity index (χ4v) is 4.17. The van der Waals surface area contributed by atoms with Crippen molar-refractivity contribution >= 4 is 32.5 Å². The molecule has 4 rings (SSSR count). The van der Waals surface area contributed by atoms with Crippen LogP contribution >= 0.6 is 0 Å². The average Bonchev–Trinajstić information content (AvgIpc) is 3.30. The van der Waals surface area contributed by atoms with Crippen LogP contribution in [0.25, 0.3) is 11.0 Å². The first-order valence-corrected chi connectivity index (χ1v) is 10.2. The highest BCUT2D eigenvalue weighted by molar-refractivity contribution is 7.92. The largest absolute Gasteiger partial charge is 0.370 e. The quantitative estimate of drug-likeness (QED) is 0.656. The molecule has 0 amide bonds. The number of anilines is 1. The third kappa shape index (κ3) is 3.58. The van der Waals surface area contributed by atoms with Gasteiger partial charge < -0.3 is 9.72 Å². The summed E-state index contributed by atoms with van der Waals surface area (Å²) in [5, 5.41) is 0. The second kappa shape index (κ2) is 6.79. The molecule has 0 bridgehead atoms. The molecule has 1 atom stereocenters. The van der Waals surface area contributed by atoms with Crippen molar-refractivity contribution in [1.29, 1.82) is 0 Å². The number of hydrogen-bond acceptors (Lipinski definition) is 5. The minimum absolute atomic E-state index is 0.0302. The van der Waals surface area contributed by atoms with Crippen LogP contribution in [0, 0.1) is 0 Å². The summed E-state index contributed by atoms with van der Waals surface area (Å²) in [6, 6.07) is 11.0. The topological polar surface area (TPSA) is 101 Å². The molecule has 1 aromatic heterocycles. The van der Waals surface area contributed by atoms with Gasteiger partial charge in [0.2, 0.25) is 0 Å². The van der Waals surface area contributed by atoms with Crippen molar-refractivity contribution in [3.63, 3.8) is 0 Å². The first kappa shape index (κ1) is 17.7. The highest BCUT2D eigenvalue weighted by atomic mass is 32.2. The summed E-state index contributed by atoms with van der Waals surface area (Å²) in [7, 11) is -3.75. The molecular weight excluding hydrogens is 366 g/mol. The first-order chi connectivity index (χ1) is 12.9. The molecule has 2 heterocycles. The molecule has 1 unspecified atom stereocenters. The molecular formula is C19H19N3O4S. The summed E-state index contributed by atoms with van der Waals surface area (Å²) in [5.74, 6) is 0.654. The third-order valence-corrected chi connectivity index (χ3v) is 5.96. The molecule has 140 valence electrons. The van der Waals surface area contributed by atoms with E-state index in [2.05, 4.69) is 14.7 Å². The maximum Gasteiger partial charge on any atom is 0.261 e. The predicted molar refractivity (Wildman–Crippen MR) is 101 cm³/mol. The maximum atomic E-state index is 12.6. The number of Topliss-reactive ketones (excluding diaryl/α,β-unsaturated/α-hetero) is 1. The number of carbonyl (C=O) groups is 1. The van der Waals surface area contributed by atoms with Crippen LogP contribution in [0.15, 0.2) is 47.4 Å². The van der Waals surface area contributed by atoms with Crippen LogP contribution in [-0.2, 0) is 14.8 Å². The van der Waals surface area contributed by atoms with E-state index in [0.717, 1.165) is 36.3 Å². The van der Waals surface area contributed by atoms with E-state index in [9.17, 15) is 13.2 Å². The number of sulfonamides is 1. The highest BCUT2D eigenvalue weighted by Crippen LogP contribution is 2.29. The standard InChI is InChI=1S/C19H19N3O4S/c1-12(23)13-4-7-15(8-5-13)27(24,25)22-14-6-9-16-17(11-14)21-19(20-16)18-3-2-10-26-18/h4-9,11,18,22H,2-3,10H2,1H3,(H,20,21). The van der Waals surface area contributed by atoms with E-state index in [0.29, 0.717) is 11.3 Å². The van der Waals surface area contributed by atoms with Gasteiger partial charge in [0.25, 0.3) is 10.0 Å². The SMILES string of the molecule is CC(=O)c1ccc(S(=O)(=O)Nc2ccc3nc(C4CCCO4)[nH]c3c2)cc1. The second-order valence-electron chi connectivity index (χ2n) is 6.54. The Balaban J connectivity index is 1.59. The van der Waals surface area contributed by atoms with Crippen molar-refractivity contribution in [3.8, 4) is 0 Å². The van der Waals surface area contributed by atoms with Crippen molar-refractivity contribution in [3.05, 3.63) is 53.9 Å². The molecule has 0 spiro atoms. The number of carbonyl (C=O) groups excluding carboxylic acids is 1. The number of aromatic nitrogens is 2. The van der Waals surface area contributed by atoms with Crippen LogP contribution in [0.5, 0.6) is 0 Å². The lowest BCUT2D eigenvalue weighted by atomic mass is 10.2. The normalized spacial score (nSPS) is 17.3. The number of fused-ring (bicyclic) bond motifs is 1. The molecule has 1 saturated heterocycles. The molecule has 0 aliphatic carbocycles. The molecule has 7 nitrogen and oxygen atoms in total. The van der Waals surface area contributed by atoms with Gasteiger partial charge in [0, 0.05) is 12.2 Å². The number of H-pyrrole nitrogens is 1. The Morgan fingerprint density at radius 3 is 2.67 bits per heavy atom. The Morgan fingerprint density at radius 1 is 1.22 bits per heavy atom. The zero-order chi connectivity index (χ0) is 19.0. The fraction of sp³-hybridized carbons (Fsp3) is 0.263. The van der Waals surface area contributed by atoms with Crippen LogP contribution in [0.2, 0.25) is 0 Å². The number of nitrogens with one attached hydrogen (secondary N) is 2. The fourth-order valence-electron chi connectivity index (χ4n) is 3.12. The van der Waals surface area contributed by atoms with Gasteiger partial charge in [-0.1, -0.05) is 12.1 Å². The Bertz CT molecular complexity index is 1100. The zero-order valence-electron chi connectivity index (χ0n) is 14.7. The van der Waals surface area contributed by atoms with Crippen LogP contribution < -0.4 is 4.72 Å². The summed E-state index contributed by atoms with van der Waals surface area (Å²) >= 11 is 0. The van der Waals surface area contributed by atoms with E-state index < -0.39 is 10.0 Å². The second-order valence-corrected chi connectivity index (χ2v) is 8.22. The van der Waals surface area contributed by atoms with Gasteiger partial charge in [-0.05, 0) is 50.1 Å². The van der Waals surface area contributed by atoms with Crippen LogP contribution in [-0.4, -0.2) is 30.8 Å². The van der Waals surface area contributed by atoms with Crippen LogP contribution in [0.1, 0.15) is 42.1 Å². The molecule has 27 heavy (non-hydrogen) atoms. The van der Waals surface area contributed by atoms with E-state index in [1.165, 1.54) is 31.2 Å². The van der Waals surface area contributed by atoms with Gasteiger partial charge in [-0.25, -0.2) is 13.4 Å². The lowest BCUT2D eigenvalue weighted by Gasteiger charge is -2.08. The monoisotopic (exact) mass is 385 g/mol. The molecule has 1 fully saturated rings. The van der Waals surface area contributed by atoms with Crippen LogP contribution in [0.4, 0.5) is 5.69 Å². The first-order valence-electron chi connectivity index (χ1n) is 8.67. The van der Waals surface area contributed by atoms with E-state index in [4.69, 9.17) is 4.74 Å². The Hall–Kier alpha value is -2.71. The smallest absolute Gasteiger partial charge is 0.261 e. The Morgan fingerprint density at radius 2 is 2.00 bits per heavy atom. The highest BCUT2D eigenvalue weighted by Gasteiger charge is 2.21. The summed E-state index contributed by atoms with van der Waals surface area (Å²) in [6.07, 6.45) is 1.91. The van der Waals surface area contributed by atoms with Crippen molar-refractivity contribution in [2.24, 2.45) is 0 Å². The number of benzene rings is 2. The number of ketones is 1. The number of nitrogens with zero attached hydrogens (tertiary/aromatic N) is 1. The lowest BCUT2D eigenvalue weighted by molar-refractivity contribution is 0.101. The van der Waals surface area contributed by atoms with Crippen LogP contribution in [0.3, 0.4) is 0 Å². The number of aromatic amines is 1. The molecule has 2 N–H and O–H groups in total.